The van der Waals surface area contributed by atoms with Crippen LogP contribution in [-0.4, -0.2) is 36.5 Å². The number of rotatable bonds is 6. The van der Waals surface area contributed by atoms with Crippen LogP contribution in [0.1, 0.15) is 56.0 Å². The van der Waals surface area contributed by atoms with E-state index in [1.807, 2.05) is 13.0 Å². The summed E-state index contributed by atoms with van der Waals surface area (Å²) in [6, 6.07) is 7.20. The molecule has 0 saturated heterocycles. The molecule has 0 unspecified atom stereocenters. The van der Waals surface area contributed by atoms with Gasteiger partial charge in [0.1, 0.15) is 6.54 Å². The molecule has 2 N–H and O–H groups in total. The third kappa shape index (κ3) is 6.08. The van der Waals surface area contributed by atoms with Gasteiger partial charge in [0.25, 0.3) is 11.8 Å². The zero-order valence-electron chi connectivity index (χ0n) is 16.6. The van der Waals surface area contributed by atoms with Gasteiger partial charge in [-0.15, -0.1) is 0 Å². The standard InChI is InChI=1S/C21H30N2O4/c1-13-7-5-9-17(11-13)21(26)22-12-19(24)27-16(4)20(25)23-18-10-6-8-14(2)15(18)3/h5,7,9,11,14-16,18H,6,8,10,12H2,1-4H3,(H,22,26)(H,23,25)/t14-,15-,16-,18-/m0/s1. The van der Waals surface area contributed by atoms with Crippen molar-refractivity contribution < 1.29 is 19.1 Å². The molecule has 2 amide bonds. The number of amides is 2. The fourth-order valence-electron chi connectivity index (χ4n) is 3.42. The molecule has 2 rings (SSSR count). The van der Waals surface area contributed by atoms with E-state index in [-0.39, 0.29) is 24.4 Å². The van der Waals surface area contributed by atoms with Gasteiger partial charge in [-0.1, -0.05) is 44.4 Å². The molecule has 0 radical (unpaired) electrons. The van der Waals surface area contributed by atoms with Crippen LogP contribution in [0, 0.1) is 18.8 Å². The minimum Gasteiger partial charge on any atom is -0.451 e. The smallest absolute Gasteiger partial charge is 0.326 e. The molecular weight excluding hydrogens is 344 g/mol. The molecular formula is C21H30N2O4. The summed E-state index contributed by atoms with van der Waals surface area (Å²) in [5.74, 6) is -0.307. The fourth-order valence-corrected chi connectivity index (χ4v) is 3.42. The summed E-state index contributed by atoms with van der Waals surface area (Å²) in [4.78, 5) is 36.3. The largest absolute Gasteiger partial charge is 0.451 e. The van der Waals surface area contributed by atoms with Crippen LogP contribution in [0.25, 0.3) is 0 Å². The molecule has 27 heavy (non-hydrogen) atoms. The number of nitrogens with one attached hydrogen (secondary N) is 2. The number of carbonyl (C=O) groups is 3. The maximum absolute atomic E-state index is 12.3. The Hall–Kier alpha value is -2.37. The van der Waals surface area contributed by atoms with Crippen molar-refractivity contribution in [1.29, 1.82) is 0 Å². The van der Waals surface area contributed by atoms with Gasteiger partial charge in [-0.2, -0.15) is 0 Å². The Kier molecular flexibility index (Phi) is 7.39. The van der Waals surface area contributed by atoms with Crippen LogP contribution in [0.5, 0.6) is 0 Å². The van der Waals surface area contributed by atoms with E-state index in [9.17, 15) is 14.4 Å². The molecule has 0 aliphatic heterocycles. The summed E-state index contributed by atoms with van der Waals surface area (Å²) >= 11 is 0. The van der Waals surface area contributed by atoms with Crippen LogP contribution in [0.2, 0.25) is 0 Å². The molecule has 148 valence electrons. The Labute approximate surface area is 161 Å². The van der Waals surface area contributed by atoms with E-state index < -0.39 is 12.1 Å². The molecule has 6 nitrogen and oxygen atoms in total. The van der Waals surface area contributed by atoms with Crippen molar-refractivity contribution in [2.45, 2.75) is 59.1 Å². The third-order valence-corrected chi connectivity index (χ3v) is 5.39. The predicted molar refractivity (Wildman–Crippen MR) is 103 cm³/mol. The van der Waals surface area contributed by atoms with E-state index >= 15 is 0 Å². The number of aryl methyl sites for hydroxylation is 1. The average molecular weight is 374 g/mol. The topological polar surface area (TPSA) is 84.5 Å². The van der Waals surface area contributed by atoms with Crippen LogP contribution >= 0.6 is 0 Å². The number of carbonyl (C=O) groups excluding carboxylic acids is 3. The minimum atomic E-state index is -0.891. The first-order valence-corrected chi connectivity index (χ1v) is 9.62. The first kappa shape index (κ1) is 20.9. The second-order valence-electron chi connectivity index (χ2n) is 7.57. The van der Waals surface area contributed by atoms with E-state index in [1.54, 1.807) is 25.1 Å². The lowest BCUT2D eigenvalue weighted by molar-refractivity contribution is -0.154. The van der Waals surface area contributed by atoms with Crippen molar-refractivity contribution in [2.75, 3.05) is 6.54 Å². The summed E-state index contributed by atoms with van der Waals surface area (Å²) in [5, 5.41) is 5.52. The lowest BCUT2D eigenvalue weighted by Crippen LogP contribution is -2.48. The van der Waals surface area contributed by atoms with Crippen LogP contribution in [0.15, 0.2) is 24.3 Å². The van der Waals surface area contributed by atoms with Gasteiger partial charge in [-0.25, -0.2) is 0 Å². The summed E-state index contributed by atoms with van der Waals surface area (Å²) < 4.78 is 5.16. The highest BCUT2D eigenvalue weighted by molar-refractivity contribution is 5.96. The maximum atomic E-state index is 12.3. The maximum Gasteiger partial charge on any atom is 0.326 e. The quantitative estimate of drug-likeness (QED) is 0.750. The second-order valence-corrected chi connectivity index (χ2v) is 7.57. The van der Waals surface area contributed by atoms with E-state index in [1.165, 1.54) is 6.42 Å². The monoisotopic (exact) mass is 374 g/mol. The Bertz CT molecular complexity index is 689. The lowest BCUT2D eigenvalue weighted by Gasteiger charge is -2.35. The molecule has 4 atom stereocenters. The van der Waals surface area contributed by atoms with Crippen molar-refractivity contribution >= 4 is 17.8 Å². The Morgan fingerprint density at radius 1 is 1.22 bits per heavy atom. The Morgan fingerprint density at radius 2 is 1.96 bits per heavy atom. The van der Waals surface area contributed by atoms with Gasteiger partial charge in [0.05, 0.1) is 0 Å². The van der Waals surface area contributed by atoms with Gasteiger partial charge in [0.15, 0.2) is 6.10 Å². The van der Waals surface area contributed by atoms with Gasteiger partial charge in [0, 0.05) is 11.6 Å². The van der Waals surface area contributed by atoms with E-state index in [0.29, 0.717) is 17.4 Å². The molecule has 1 aromatic carbocycles. The lowest BCUT2D eigenvalue weighted by atomic mass is 9.78. The normalized spacial score (nSPS) is 23.2. The molecule has 1 aliphatic carbocycles. The van der Waals surface area contributed by atoms with Gasteiger partial charge in [-0.05, 0) is 44.2 Å². The number of esters is 1. The molecule has 1 fully saturated rings. The fraction of sp³-hybridized carbons (Fsp3) is 0.571. The zero-order chi connectivity index (χ0) is 20.0. The molecule has 0 spiro atoms. The Balaban J connectivity index is 1.77. The van der Waals surface area contributed by atoms with Crippen LogP contribution in [0.4, 0.5) is 0 Å². The number of benzene rings is 1. The molecule has 1 aromatic rings. The molecule has 0 aromatic heterocycles. The van der Waals surface area contributed by atoms with Crippen molar-refractivity contribution in [1.82, 2.24) is 10.6 Å². The number of ether oxygens (including phenoxy) is 1. The van der Waals surface area contributed by atoms with Gasteiger partial charge < -0.3 is 15.4 Å². The molecule has 1 aliphatic rings. The third-order valence-electron chi connectivity index (χ3n) is 5.39. The highest BCUT2D eigenvalue weighted by Crippen LogP contribution is 2.29. The summed E-state index contributed by atoms with van der Waals surface area (Å²) in [6.45, 7) is 7.50. The molecule has 6 heteroatoms. The van der Waals surface area contributed by atoms with E-state index in [0.717, 1.165) is 18.4 Å². The number of hydrogen-bond acceptors (Lipinski definition) is 4. The summed E-state index contributed by atoms with van der Waals surface area (Å²) in [6.07, 6.45) is 2.33. The predicted octanol–water partition coefficient (Wildman–Crippen LogP) is 2.60. The van der Waals surface area contributed by atoms with Crippen LogP contribution in [0.3, 0.4) is 0 Å². The van der Waals surface area contributed by atoms with Crippen molar-refractivity contribution in [3.63, 3.8) is 0 Å². The second kappa shape index (κ2) is 9.53. The Morgan fingerprint density at radius 3 is 2.67 bits per heavy atom. The van der Waals surface area contributed by atoms with Crippen LogP contribution < -0.4 is 10.6 Å². The summed E-state index contributed by atoms with van der Waals surface area (Å²) in [7, 11) is 0. The van der Waals surface area contributed by atoms with E-state index in [2.05, 4.69) is 24.5 Å². The van der Waals surface area contributed by atoms with Gasteiger partial charge >= 0.3 is 5.97 Å². The molecule has 1 saturated carbocycles. The van der Waals surface area contributed by atoms with Crippen molar-refractivity contribution in [2.24, 2.45) is 11.8 Å². The molecule has 0 bridgehead atoms. The molecule has 0 heterocycles. The van der Waals surface area contributed by atoms with E-state index in [4.69, 9.17) is 4.74 Å². The SMILES string of the molecule is Cc1cccc(C(=O)NCC(=O)O[C@@H](C)C(=O)N[C@H]2CCC[C@H](C)[C@@H]2C)c1. The zero-order valence-corrected chi connectivity index (χ0v) is 16.6. The average Bonchev–Trinajstić information content (AvgIpc) is 2.63. The van der Waals surface area contributed by atoms with Crippen molar-refractivity contribution in [3.8, 4) is 0 Å². The van der Waals surface area contributed by atoms with Crippen molar-refractivity contribution in [3.05, 3.63) is 35.4 Å². The minimum absolute atomic E-state index is 0.114. The number of hydrogen-bond donors (Lipinski definition) is 2. The van der Waals surface area contributed by atoms with Gasteiger partial charge in [-0.3, -0.25) is 14.4 Å². The highest BCUT2D eigenvalue weighted by Gasteiger charge is 2.30. The van der Waals surface area contributed by atoms with Crippen LogP contribution in [-0.2, 0) is 14.3 Å². The highest BCUT2D eigenvalue weighted by atomic mass is 16.5. The first-order valence-electron chi connectivity index (χ1n) is 9.62. The summed E-state index contributed by atoms with van der Waals surface area (Å²) in [5.41, 5.74) is 1.44. The first-order chi connectivity index (χ1) is 12.8. The van der Waals surface area contributed by atoms with Gasteiger partial charge in [0.2, 0.25) is 0 Å².